The van der Waals surface area contributed by atoms with Gasteiger partial charge in [-0.1, -0.05) is 125 Å². The van der Waals surface area contributed by atoms with E-state index in [2.05, 4.69) is 64.4 Å². The smallest absolute Gasteiger partial charge is 0.876 e. The van der Waals surface area contributed by atoms with Gasteiger partial charge in [0, 0.05) is 35.7 Å². The molecule has 41 heteroatoms. The third-order valence-electron chi connectivity index (χ3n) is 14.8. The summed E-state index contributed by atoms with van der Waals surface area (Å²) in [4.78, 5) is 99.2. The van der Waals surface area contributed by atoms with E-state index >= 15 is 0 Å². The fourth-order valence-electron chi connectivity index (χ4n) is 9.94. The fraction of sp³-hybridized carbons (Fsp3) is 0.436. The molecule has 657 valence electrons. The van der Waals surface area contributed by atoms with E-state index in [1.165, 1.54) is 88.3 Å². The number of alkyl halides is 4. The van der Waals surface area contributed by atoms with Gasteiger partial charge in [-0.15, -0.1) is 17.3 Å². The number of nitrogens with zero attached hydrogens (tertiary/aromatic N) is 5. The van der Waals surface area contributed by atoms with Crippen LogP contribution in [0, 0.1) is 0 Å². The second-order valence-electron chi connectivity index (χ2n) is 27.2. The van der Waals surface area contributed by atoms with Gasteiger partial charge < -0.3 is 74.5 Å². The van der Waals surface area contributed by atoms with Crippen molar-refractivity contribution >= 4 is 72.9 Å². The van der Waals surface area contributed by atoms with Crippen molar-refractivity contribution in [2.75, 3.05) is 31.2 Å². The van der Waals surface area contributed by atoms with E-state index < -0.39 is 124 Å². The molecule has 0 aliphatic carbocycles. The number of nitrogens with two attached hydrogens (primary N) is 2. The summed E-state index contributed by atoms with van der Waals surface area (Å²) < 4.78 is 132. The van der Waals surface area contributed by atoms with E-state index in [1.54, 1.807) is 78.9 Å². The zero-order valence-electron chi connectivity index (χ0n) is 68.3. The molecule has 8 rings (SSSR count). The van der Waals surface area contributed by atoms with Crippen molar-refractivity contribution in [3.8, 4) is 11.5 Å². The van der Waals surface area contributed by atoms with Crippen molar-refractivity contribution in [3.05, 3.63) is 213 Å². The summed E-state index contributed by atoms with van der Waals surface area (Å²) in [7, 11) is -4.46. The predicted molar refractivity (Wildman–Crippen MR) is 423 cm³/mol. The zero-order chi connectivity index (χ0) is 89.6. The van der Waals surface area contributed by atoms with Crippen LogP contribution in [0.3, 0.4) is 0 Å². The van der Waals surface area contributed by atoms with Crippen LogP contribution in [0.4, 0.5) is 34.0 Å². The average Bonchev–Trinajstić information content (AvgIpc) is 1.62. The molecule has 4 unspecified atom stereocenters. The summed E-state index contributed by atoms with van der Waals surface area (Å²) in [5.74, 6) is -10.2. The molecule has 0 bridgehead atoms. The van der Waals surface area contributed by atoms with Crippen molar-refractivity contribution in [2.45, 2.75) is 202 Å². The van der Waals surface area contributed by atoms with E-state index in [1.807, 2.05) is 30.3 Å². The quantitative estimate of drug-likeness (QED) is 0.00532. The number of hydrogen-bond acceptors (Lipinski definition) is 29. The molecule has 4 heterocycles. The Labute approximate surface area is 702 Å². The summed E-state index contributed by atoms with van der Waals surface area (Å²) in [6, 6.07) is 35.9. The van der Waals surface area contributed by atoms with Crippen LogP contribution in [-0.2, 0) is 96.3 Å². The minimum absolute atomic E-state index is 0. The first-order valence-corrected chi connectivity index (χ1v) is 40.2. The molecule has 0 spiro atoms. The summed E-state index contributed by atoms with van der Waals surface area (Å²) in [5.41, 5.74) is 9.16. The van der Waals surface area contributed by atoms with Gasteiger partial charge in [0.1, 0.15) is 66.2 Å². The topological polar surface area (TPSA) is 478 Å². The van der Waals surface area contributed by atoms with Gasteiger partial charge in [-0.3, -0.25) is 42.5 Å². The zero-order valence-corrected chi connectivity index (χ0v) is 72.0. The number of para-hydroxylation sites is 2. The van der Waals surface area contributed by atoms with Crippen molar-refractivity contribution < 1.29 is 140 Å². The SMILES string of the molecule is CC(=O)/C=C(/C)[O-].CC(=O)/C=C(/C)[O-].CC(=O)/C=C(/C)[O-].CC(C)(C)OC(=O)O[C@@H]1[C@@H](CO)OC(n2ccc(N)nc2=O)C1(F)F.CCN(C(C)C)C(C)C.C[C@H](NP(=O)(Cl)Oc1ccccc1)C(=O)OCc1ccccc1.C[C@H](NP(=O)(OC[C@H]1OC(n2ccc(N)nc2=O)C(F)(F)[C@@H]1O)Oc1ccccc1)C(=O)OCc1ccccc1.[Fe+3]. The monoisotopic (exact) mass is 1780 g/mol. The summed E-state index contributed by atoms with van der Waals surface area (Å²) >= 11 is 5.84. The Kier molecular flexibility index (Phi) is 46.7. The van der Waals surface area contributed by atoms with Crippen molar-refractivity contribution in [1.29, 1.82) is 0 Å². The van der Waals surface area contributed by atoms with Crippen molar-refractivity contribution in [2.24, 2.45) is 0 Å². The summed E-state index contributed by atoms with van der Waals surface area (Å²) in [6.07, 6.45) is -8.54. The molecule has 4 aromatic carbocycles. The first-order valence-electron chi connectivity index (χ1n) is 36.2. The van der Waals surface area contributed by atoms with Gasteiger partial charge in [0.15, 0.2) is 23.5 Å². The molecule has 33 nitrogen and oxygen atoms in total. The van der Waals surface area contributed by atoms with Crippen molar-refractivity contribution in [1.82, 2.24) is 34.2 Å². The normalized spacial score (nSPS) is 18.6. The number of aromatic nitrogens is 4. The van der Waals surface area contributed by atoms with Crippen LogP contribution in [0.25, 0.3) is 0 Å². The average molecular weight is 1780 g/mol. The van der Waals surface area contributed by atoms with Gasteiger partial charge in [-0.25, -0.2) is 28.6 Å². The molecule has 2 aliphatic rings. The number of allylic oxidation sites excluding steroid dienone is 6. The molecule has 2 aliphatic heterocycles. The Bertz CT molecular complexity index is 4400. The molecular weight excluding hydrogens is 1680 g/mol. The third-order valence-corrected chi connectivity index (χ3v) is 18.1. The number of aliphatic hydroxyl groups excluding tert-OH is 2. The molecule has 8 N–H and O–H groups in total. The van der Waals surface area contributed by atoms with E-state index in [9.17, 15) is 90.6 Å². The number of ketones is 3. The van der Waals surface area contributed by atoms with E-state index in [0.29, 0.717) is 27.0 Å². The number of nitrogens with one attached hydrogen (secondary N) is 2. The molecule has 2 saturated heterocycles. The fourth-order valence-corrected chi connectivity index (χ4v) is 13.1. The number of esters is 2. The Morgan fingerprint density at radius 1 is 0.613 bits per heavy atom. The van der Waals surface area contributed by atoms with E-state index in [-0.39, 0.29) is 82.3 Å². The summed E-state index contributed by atoms with van der Waals surface area (Å²) in [5, 5.41) is 54.4. The van der Waals surface area contributed by atoms with Gasteiger partial charge >= 0.3 is 73.0 Å². The number of hydrogen-bond donors (Lipinski definition) is 6. The molecule has 2 fully saturated rings. The second-order valence-corrected chi connectivity index (χ2v) is 31.6. The number of carbonyl (C=O) groups excluding carboxylic acids is 6. The molecule has 0 saturated carbocycles. The van der Waals surface area contributed by atoms with E-state index in [4.69, 9.17) is 60.0 Å². The maximum atomic E-state index is 14.9. The Morgan fingerprint density at radius 3 is 1.30 bits per heavy atom. The third kappa shape index (κ3) is 40.8. The van der Waals surface area contributed by atoms with Gasteiger partial charge in [-0.05, 0) is 155 Å². The predicted octanol–water partition coefficient (Wildman–Crippen LogP) is 9.09. The van der Waals surface area contributed by atoms with Gasteiger partial charge in [0.2, 0.25) is 18.6 Å². The maximum absolute atomic E-state index is 14.9. The second kappa shape index (κ2) is 51.7. The van der Waals surface area contributed by atoms with E-state index in [0.717, 1.165) is 60.4 Å². The number of nitrogen functional groups attached to an aromatic ring is 2. The molecular formula is C78H103ClF4FeN9O24P2. The standard InChI is InChI=1S/C25H27F2N4O8P.C16H17ClNO4P.C14H19F2N3O6.C8H19N.3C5H8O2.Fe/c1-16(22(33)36-14-17-8-4-2-5-9-17)30-40(35,39-18-10-6-3-7-11-18)37-15-19-21(32)25(26,27)23(38-19)31-13-12-20(28)29-24(31)34;1-13(16(19)21-12-14-8-4-2-5-9-14)18-23(17,20)22-15-10-6-3-7-11-15;1-13(2,3)25-12(22)24-9-7(6-20)23-10(14(9,15)16)19-5-4-8(17)18-11(19)21;1-6-9(7(2)3)8(4)5;3*1-4(6)3-5(2)7;/h2-13,16,19,21,23,32H,14-15H2,1H3,(H,30,35)(H2,28,29,34);2-11,13H,12H2,1H3,(H,18,20);4-5,7,9-10,20H,6H2,1-3H3,(H2,17,18,21);7-8H,6H2,1-5H3;3*3,6H,1-2H3;/q;;;;;;;+3/p-3/b;;;;3*4-3-;/t16-,19+,21+,23?,40?;13-,23?;7-,9-,10?;;;;;/m001...../s1. The molecule has 1 radical (unpaired) electrons. The molecule has 6 aromatic rings. The van der Waals surface area contributed by atoms with Crippen LogP contribution in [0.5, 0.6) is 11.5 Å². The Balaban J connectivity index is 0.000000776. The number of benzene rings is 4. The minimum atomic E-state index is -4.46. The largest absolute Gasteiger partial charge is 3.00 e. The maximum Gasteiger partial charge on any atom is 3.00 e. The minimum Gasteiger partial charge on any atom is -0.876 e. The Hall–Kier alpha value is -9.65. The van der Waals surface area contributed by atoms with Crippen LogP contribution >= 0.6 is 25.9 Å². The van der Waals surface area contributed by atoms with Crippen LogP contribution in [0.2, 0.25) is 0 Å². The number of carbonyl (C=O) groups is 6. The Morgan fingerprint density at radius 2 is 0.975 bits per heavy atom. The first kappa shape index (κ1) is 107. The number of rotatable bonds is 27. The molecule has 0 amide bonds. The van der Waals surface area contributed by atoms with Crippen LogP contribution < -0.4 is 57.4 Å². The van der Waals surface area contributed by atoms with Crippen LogP contribution in [0.1, 0.15) is 134 Å². The summed E-state index contributed by atoms with van der Waals surface area (Å²) in [6.45, 7) is 22.5. The van der Waals surface area contributed by atoms with Crippen LogP contribution in [0.15, 0.2) is 191 Å². The number of anilines is 2. The number of aliphatic hydroxyl groups is 2. The number of halogens is 5. The number of ether oxygens (including phenoxy) is 6. The molecule has 10 atom stereocenters. The van der Waals surface area contributed by atoms with Crippen molar-refractivity contribution in [3.63, 3.8) is 0 Å². The van der Waals surface area contributed by atoms with Gasteiger partial charge in [0.05, 0.1) is 13.2 Å². The van der Waals surface area contributed by atoms with Gasteiger partial charge in [0.25, 0.3) is 0 Å². The molecule has 2 aromatic heterocycles. The van der Waals surface area contributed by atoms with Crippen LogP contribution in [-0.4, -0.2) is 155 Å². The van der Waals surface area contributed by atoms with Gasteiger partial charge in [-0.2, -0.15) is 32.6 Å². The molecule has 119 heavy (non-hydrogen) atoms. The first-order chi connectivity index (χ1) is 54.9.